The van der Waals surface area contributed by atoms with Crippen LogP contribution in [0.1, 0.15) is 33.6 Å². The number of nitrogens with one attached hydrogen (secondary N) is 1. The van der Waals surface area contributed by atoms with Gasteiger partial charge < -0.3 is 20.2 Å². The summed E-state index contributed by atoms with van der Waals surface area (Å²) in [7, 11) is 3.92. The van der Waals surface area contributed by atoms with Crippen LogP contribution in [0.25, 0.3) is 0 Å². The number of hydrogen-bond acceptors (Lipinski definition) is 3. The molecule has 1 heterocycles. The molecule has 0 aliphatic carbocycles. The highest BCUT2D eigenvalue weighted by Gasteiger charge is 2.35. The molecule has 0 saturated carbocycles. The summed E-state index contributed by atoms with van der Waals surface area (Å²) in [5.74, 6) is -0.272. The zero-order chi connectivity index (χ0) is 16.2. The van der Waals surface area contributed by atoms with Gasteiger partial charge in [-0.15, -0.1) is 0 Å². The quantitative estimate of drug-likeness (QED) is 0.806. The van der Waals surface area contributed by atoms with Crippen molar-refractivity contribution >= 4 is 12.0 Å². The third-order valence-corrected chi connectivity index (χ3v) is 4.09. The lowest BCUT2D eigenvalue weighted by atomic mass is 9.92. The molecule has 0 spiro atoms. The van der Waals surface area contributed by atoms with Gasteiger partial charge in [0, 0.05) is 19.1 Å². The second-order valence-electron chi connectivity index (χ2n) is 6.74. The number of aliphatic carboxylic acids is 1. The van der Waals surface area contributed by atoms with Crippen LogP contribution in [0.2, 0.25) is 0 Å². The molecule has 2 amide bonds. The van der Waals surface area contributed by atoms with Crippen LogP contribution in [-0.2, 0) is 4.79 Å². The van der Waals surface area contributed by atoms with E-state index in [1.54, 1.807) is 0 Å². The van der Waals surface area contributed by atoms with Crippen LogP contribution in [0, 0.1) is 11.8 Å². The van der Waals surface area contributed by atoms with Crippen molar-refractivity contribution in [3.8, 4) is 0 Å². The molecule has 0 aromatic rings. The molecule has 3 unspecified atom stereocenters. The van der Waals surface area contributed by atoms with Gasteiger partial charge in [-0.2, -0.15) is 0 Å². The number of carboxylic acid groups (broad SMARTS) is 1. The maximum atomic E-state index is 12.4. The van der Waals surface area contributed by atoms with Crippen molar-refractivity contribution in [1.29, 1.82) is 0 Å². The highest BCUT2D eigenvalue weighted by molar-refractivity contribution is 5.83. The Morgan fingerprint density at radius 2 is 2.00 bits per heavy atom. The predicted molar refractivity (Wildman–Crippen MR) is 82.2 cm³/mol. The number of rotatable bonds is 5. The lowest BCUT2D eigenvalue weighted by Crippen LogP contribution is -2.57. The summed E-state index contributed by atoms with van der Waals surface area (Å²) >= 11 is 0. The van der Waals surface area contributed by atoms with Crippen molar-refractivity contribution in [2.75, 3.05) is 27.2 Å². The monoisotopic (exact) mass is 299 g/mol. The molecule has 1 rings (SSSR count). The van der Waals surface area contributed by atoms with Gasteiger partial charge >= 0.3 is 12.0 Å². The molecule has 0 radical (unpaired) electrons. The van der Waals surface area contributed by atoms with Crippen molar-refractivity contribution < 1.29 is 14.7 Å². The smallest absolute Gasteiger partial charge is 0.326 e. The number of likely N-dealkylation sites (N-methyl/N-ethyl adjacent to an activating group) is 1. The number of nitrogens with zero attached hydrogens (tertiary/aromatic N) is 2. The summed E-state index contributed by atoms with van der Waals surface area (Å²) in [6, 6.07) is -0.947. The van der Waals surface area contributed by atoms with E-state index in [0.29, 0.717) is 24.8 Å². The highest BCUT2D eigenvalue weighted by Crippen LogP contribution is 2.23. The SMILES string of the molecule is CC1CCN(C(=O)NC(CN(C)C)C(C)C)C(C(=O)O)C1. The highest BCUT2D eigenvalue weighted by atomic mass is 16.4. The molecule has 0 aromatic heterocycles. The topological polar surface area (TPSA) is 72.9 Å². The van der Waals surface area contributed by atoms with Crippen molar-refractivity contribution in [3.05, 3.63) is 0 Å². The fourth-order valence-corrected chi connectivity index (χ4v) is 2.68. The molecular formula is C15H29N3O3. The minimum Gasteiger partial charge on any atom is -0.480 e. The summed E-state index contributed by atoms with van der Waals surface area (Å²) in [6.45, 7) is 7.40. The Hall–Kier alpha value is -1.30. The van der Waals surface area contributed by atoms with Gasteiger partial charge in [0.2, 0.25) is 0 Å². The molecule has 1 saturated heterocycles. The maximum Gasteiger partial charge on any atom is 0.326 e. The summed E-state index contributed by atoms with van der Waals surface area (Å²) in [4.78, 5) is 27.3. The van der Waals surface area contributed by atoms with Crippen molar-refractivity contribution in [3.63, 3.8) is 0 Å². The summed E-state index contributed by atoms with van der Waals surface area (Å²) in [5.41, 5.74) is 0. The molecule has 1 fully saturated rings. The van der Waals surface area contributed by atoms with Crippen LogP contribution in [0.15, 0.2) is 0 Å². The Morgan fingerprint density at radius 1 is 1.38 bits per heavy atom. The van der Waals surface area contributed by atoms with Crippen LogP contribution >= 0.6 is 0 Å². The Labute approximate surface area is 127 Å². The van der Waals surface area contributed by atoms with E-state index in [4.69, 9.17) is 0 Å². The maximum absolute atomic E-state index is 12.4. The molecule has 6 nitrogen and oxygen atoms in total. The van der Waals surface area contributed by atoms with E-state index in [1.165, 1.54) is 4.90 Å². The first-order valence-electron chi connectivity index (χ1n) is 7.67. The average Bonchev–Trinajstić information content (AvgIpc) is 2.36. The van der Waals surface area contributed by atoms with E-state index in [-0.39, 0.29) is 12.1 Å². The van der Waals surface area contributed by atoms with Gasteiger partial charge in [0.05, 0.1) is 0 Å². The standard InChI is InChI=1S/C15H29N3O3/c1-10(2)12(9-17(4)5)16-15(21)18-7-6-11(3)8-13(18)14(19)20/h10-13H,6-9H2,1-5H3,(H,16,21)(H,19,20). The van der Waals surface area contributed by atoms with Crippen molar-refractivity contribution in [1.82, 2.24) is 15.1 Å². The molecule has 1 aliphatic heterocycles. The van der Waals surface area contributed by atoms with Gasteiger partial charge in [0.25, 0.3) is 0 Å². The number of carbonyl (C=O) groups is 2. The average molecular weight is 299 g/mol. The van der Waals surface area contributed by atoms with Gasteiger partial charge in [-0.05, 0) is 38.8 Å². The molecular weight excluding hydrogens is 270 g/mol. The number of carbonyl (C=O) groups excluding carboxylic acids is 1. The van der Waals surface area contributed by atoms with E-state index >= 15 is 0 Å². The van der Waals surface area contributed by atoms with E-state index in [0.717, 1.165) is 13.0 Å². The molecule has 122 valence electrons. The van der Waals surface area contributed by atoms with Crippen LogP contribution in [0.5, 0.6) is 0 Å². The van der Waals surface area contributed by atoms with Gasteiger partial charge in [-0.1, -0.05) is 20.8 Å². The lowest BCUT2D eigenvalue weighted by molar-refractivity contribution is -0.143. The summed E-state index contributed by atoms with van der Waals surface area (Å²) < 4.78 is 0. The minimum absolute atomic E-state index is 0.0151. The Morgan fingerprint density at radius 3 is 2.48 bits per heavy atom. The third kappa shape index (κ3) is 5.19. The number of hydrogen-bond donors (Lipinski definition) is 2. The molecule has 2 N–H and O–H groups in total. The van der Waals surface area contributed by atoms with Gasteiger partial charge in [-0.3, -0.25) is 0 Å². The number of urea groups is 1. The van der Waals surface area contributed by atoms with Crippen LogP contribution in [-0.4, -0.2) is 66.2 Å². The first-order valence-corrected chi connectivity index (χ1v) is 7.67. The number of amides is 2. The molecule has 0 bridgehead atoms. The van der Waals surface area contributed by atoms with Crippen LogP contribution in [0.4, 0.5) is 4.79 Å². The Balaban J connectivity index is 2.73. The van der Waals surface area contributed by atoms with Crippen LogP contribution < -0.4 is 5.32 Å². The zero-order valence-corrected chi connectivity index (χ0v) is 13.8. The van der Waals surface area contributed by atoms with Crippen molar-refractivity contribution in [2.24, 2.45) is 11.8 Å². The van der Waals surface area contributed by atoms with E-state index in [9.17, 15) is 14.7 Å². The molecule has 3 atom stereocenters. The van der Waals surface area contributed by atoms with Gasteiger partial charge in [-0.25, -0.2) is 9.59 Å². The molecule has 6 heteroatoms. The van der Waals surface area contributed by atoms with Gasteiger partial charge in [0.1, 0.15) is 6.04 Å². The Kier molecular flexibility index (Phi) is 6.45. The number of carboxylic acids is 1. The van der Waals surface area contributed by atoms with E-state index in [1.807, 2.05) is 25.9 Å². The van der Waals surface area contributed by atoms with Crippen molar-refractivity contribution in [2.45, 2.75) is 45.7 Å². The molecule has 1 aliphatic rings. The predicted octanol–water partition coefficient (Wildman–Crippen LogP) is 1.47. The summed E-state index contributed by atoms with van der Waals surface area (Å²) in [5, 5.41) is 12.3. The molecule has 0 aromatic carbocycles. The van der Waals surface area contributed by atoms with Crippen LogP contribution in [0.3, 0.4) is 0 Å². The second-order valence-corrected chi connectivity index (χ2v) is 6.74. The first kappa shape index (κ1) is 17.8. The first-order chi connectivity index (χ1) is 9.72. The normalized spacial score (nSPS) is 24.2. The third-order valence-electron chi connectivity index (χ3n) is 4.09. The summed E-state index contributed by atoms with van der Waals surface area (Å²) in [6.07, 6.45) is 1.39. The van der Waals surface area contributed by atoms with E-state index < -0.39 is 12.0 Å². The van der Waals surface area contributed by atoms with Gasteiger partial charge in [0.15, 0.2) is 0 Å². The molecule has 21 heavy (non-hydrogen) atoms. The fraction of sp³-hybridized carbons (Fsp3) is 0.867. The number of likely N-dealkylation sites (tertiary alicyclic amines) is 1. The fourth-order valence-electron chi connectivity index (χ4n) is 2.68. The largest absolute Gasteiger partial charge is 0.480 e. The second kappa shape index (κ2) is 7.64. The van der Waals surface area contributed by atoms with E-state index in [2.05, 4.69) is 19.2 Å². The minimum atomic E-state index is -0.912. The number of piperidine rings is 1. The zero-order valence-electron chi connectivity index (χ0n) is 13.8. The Bertz CT molecular complexity index is 371. The lowest BCUT2D eigenvalue weighted by Gasteiger charge is -2.37.